The van der Waals surface area contributed by atoms with Crippen LogP contribution in [0.1, 0.15) is 5.56 Å². The van der Waals surface area contributed by atoms with Gasteiger partial charge in [0.15, 0.2) is 10.3 Å². The Kier molecular flexibility index (Phi) is 6.86. The van der Waals surface area contributed by atoms with Crippen LogP contribution in [0.4, 0.5) is 0 Å². The fourth-order valence-electron chi connectivity index (χ4n) is 2.08. The maximum Gasteiger partial charge on any atom is 0.301 e. The summed E-state index contributed by atoms with van der Waals surface area (Å²) in [5.41, 5.74) is 3.73. The van der Waals surface area contributed by atoms with Crippen LogP contribution in [0, 0.1) is 17.2 Å². The van der Waals surface area contributed by atoms with Crippen molar-refractivity contribution >= 4 is 20.7 Å². The van der Waals surface area contributed by atoms with Crippen LogP contribution in [0.5, 0.6) is 5.75 Å². The largest absolute Gasteiger partial charge is 0.496 e. The van der Waals surface area contributed by atoms with Crippen molar-refractivity contribution in [3.8, 4) is 26.6 Å². The molecule has 8 heteroatoms. The lowest BCUT2D eigenvalue weighted by Gasteiger charge is -2.17. The Labute approximate surface area is 155 Å². The van der Waals surface area contributed by atoms with Gasteiger partial charge in [-0.25, -0.2) is 18.6 Å². The number of rotatable bonds is 3. The highest BCUT2D eigenvalue weighted by molar-refractivity contribution is 7.72. The van der Waals surface area contributed by atoms with Gasteiger partial charge >= 0.3 is 10.3 Å². The van der Waals surface area contributed by atoms with Crippen molar-refractivity contribution in [1.29, 1.82) is 0 Å². The molecule has 0 aliphatic heterocycles. The third-order valence-corrected chi connectivity index (χ3v) is 5.65. The van der Waals surface area contributed by atoms with Crippen molar-refractivity contribution in [1.82, 2.24) is 0 Å². The molecule has 3 aromatic rings. The Morgan fingerprint density at radius 2 is 1.56 bits per heavy atom. The maximum atomic E-state index is 8.49. The normalized spacial score (nSPS) is 10.8. The summed E-state index contributed by atoms with van der Waals surface area (Å²) in [6.07, 6.45) is 0. The van der Waals surface area contributed by atoms with E-state index in [2.05, 4.69) is 43.3 Å². The number of halogens is 1. The third kappa shape index (κ3) is 6.33. The van der Waals surface area contributed by atoms with E-state index >= 15 is 0 Å². The summed E-state index contributed by atoms with van der Waals surface area (Å²) in [4.78, 5) is 2.55. The minimum absolute atomic E-state index is 0.928. The molecule has 0 fully saturated rings. The van der Waals surface area contributed by atoms with Crippen molar-refractivity contribution in [2.45, 2.75) is 6.92 Å². The second-order valence-corrected chi connectivity index (χ2v) is 7.95. The number of benzene rings is 2. The van der Waals surface area contributed by atoms with Gasteiger partial charge in [-0.1, -0.05) is 29.8 Å². The molecule has 0 amide bonds. The molecule has 0 aliphatic rings. The zero-order valence-electron chi connectivity index (χ0n) is 13.4. The van der Waals surface area contributed by atoms with E-state index in [0.717, 1.165) is 11.3 Å². The minimum Gasteiger partial charge on any atom is -0.496 e. The number of hydrogen-bond donors (Lipinski definition) is 0. The Morgan fingerprint density at radius 3 is 2.16 bits per heavy atom. The zero-order chi connectivity index (χ0) is 18.4. The van der Waals surface area contributed by atoms with Gasteiger partial charge in [-0.2, -0.15) is 0 Å². The van der Waals surface area contributed by atoms with Crippen LogP contribution >= 0.6 is 20.7 Å². The van der Waals surface area contributed by atoms with Gasteiger partial charge in [0.1, 0.15) is 10.6 Å². The lowest BCUT2D eigenvalue weighted by Crippen LogP contribution is -2.68. The van der Waals surface area contributed by atoms with Crippen molar-refractivity contribution in [3.63, 3.8) is 0 Å². The molecular formula is C17H15ClO5S2. The highest BCUT2D eigenvalue weighted by Gasteiger charge is 2.18. The quantitative estimate of drug-likeness (QED) is 0.483. The lowest BCUT2D eigenvalue weighted by atomic mass is 10.1. The first-order chi connectivity index (χ1) is 11.8. The molecule has 3 rings (SSSR count). The smallest absolute Gasteiger partial charge is 0.301 e. The second kappa shape index (κ2) is 8.68. The van der Waals surface area contributed by atoms with Gasteiger partial charge in [0, 0.05) is 17.2 Å². The monoisotopic (exact) mass is 398 g/mol. The molecule has 0 bridgehead atoms. The van der Waals surface area contributed by atoms with Gasteiger partial charge < -0.3 is 4.74 Å². The van der Waals surface area contributed by atoms with E-state index in [1.807, 2.05) is 28.5 Å². The molecule has 0 spiro atoms. The standard InChI is InChI=1S/C17H15OS2.ClHO4/c1-12-7-9-13(10-8-12)16-11-17(20-19-16)14-5-3-4-6-15(14)18-2;2-1(3,4)5/h3-11H,1-2H3;(H,2,3,4,5)/q+1;/p-1. The highest BCUT2D eigenvalue weighted by atomic mass is 35.7. The molecule has 0 saturated carbocycles. The lowest BCUT2D eigenvalue weighted by molar-refractivity contribution is -2.00. The summed E-state index contributed by atoms with van der Waals surface area (Å²) in [6.45, 7) is 2.11. The summed E-state index contributed by atoms with van der Waals surface area (Å²) in [5.74, 6) is 0.928. The average Bonchev–Trinajstić information content (AvgIpc) is 3.04. The van der Waals surface area contributed by atoms with Gasteiger partial charge in [0.2, 0.25) is 0 Å². The SMILES string of the molecule is COc1ccccc1-c1cc(-c2ccc(C)cc2)[s+]s1.[O-][Cl+3]([O-])([O-])[O-]. The molecular weight excluding hydrogens is 384 g/mol. The summed E-state index contributed by atoms with van der Waals surface area (Å²) in [5, 5.41) is 0. The van der Waals surface area contributed by atoms with E-state index in [1.165, 1.54) is 20.9 Å². The maximum absolute atomic E-state index is 8.49. The van der Waals surface area contributed by atoms with Crippen LogP contribution in [-0.4, -0.2) is 7.11 Å². The molecule has 0 N–H and O–H groups in total. The fraction of sp³-hybridized carbons (Fsp3) is 0.118. The molecule has 132 valence electrons. The van der Waals surface area contributed by atoms with E-state index < -0.39 is 10.2 Å². The van der Waals surface area contributed by atoms with E-state index in [1.54, 1.807) is 17.5 Å². The molecule has 5 nitrogen and oxygen atoms in total. The first kappa shape index (κ1) is 19.7. The van der Waals surface area contributed by atoms with Crippen molar-refractivity contribution in [3.05, 3.63) is 60.2 Å². The van der Waals surface area contributed by atoms with Gasteiger partial charge in [0.05, 0.1) is 7.11 Å². The average molecular weight is 399 g/mol. The molecule has 0 radical (unpaired) electrons. The van der Waals surface area contributed by atoms with Crippen molar-refractivity contribution in [2.24, 2.45) is 0 Å². The summed E-state index contributed by atoms with van der Waals surface area (Å²) in [6, 6.07) is 19.1. The van der Waals surface area contributed by atoms with E-state index in [-0.39, 0.29) is 0 Å². The van der Waals surface area contributed by atoms with E-state index in [0.29, 0.717) is 0 Å². The first-order valence-electron chi connectivity index (χ1n) is 7.03. The molecule has 2 aromatic carbocycles. The number of hydrogen-bond acceptors (Lipinski definition) is 6. The highest BCUT2D eigenvalue weighted by Crippen LogP contribution is 2.40. The molecule has 0 unspecified atom stereocenters. The topological polar surface area (TPSA) is 101 Å². The summed E-state index contributed by atoms with van der Waals surface area (Å²) >= 11 is 0. The van der Waals surface area contributed by atoms with Gasteiger partial charge in [-0.05, 0) is 31.2 Å². The van der Waals surface area contributed by atoms with E-state index in [4.69, 9.17) is 23.4 Å². The number of para-hydroxylation sites is 1. The third-order valence-electron chi connectivity index (χ3n) is 3.19. The molecule has 1 heterocycles. The molecule has 25 heavy (non-hydrogen) atoms. The minimum atomic E-state index is -4.94. The number of methoxy groups -OCH3 is 1. The summed E-state index contributed by atoms with van der Waals surface area (Å²) < 4.78 is 39.4. The first-order valence-corrected chi connectivity index (χ1v) is 10.4. The molecule has 0 aliphatic carbocycles. The van der Waals surface area contributed by atoms with Crippen LogP contribution in [0.25, 0.3) is 20.9 Å². The Bertz CT molecular complexity index is 806. The second-order valence-electron chi connectivity index (χ2n) is 4.98. The van der Waals surface area contributed by atoms with Gasteiger partial charge in [0.25, 0.3) is 4.88 Å². The predicted molar refractivity (Wildman–Crippen MR) is 88.8 cm³/mol. The Balaban J connectivity index is 0.000000399. The van der Waals surface area contributed by atoms with Gasteiger partial charge in [-0.3, -0.25) is 0 Å². The molecule has 0 saturated heterocycles. The van der Waals surface area contributed by atoms with Crippen LogP contribution in [0.3, 0.4) is 0 Å². The van der Waals surface area contributed by atoms with Crippen molar-refractivity contribution in [2.75, 3.05) is 7.11 Å². The van der Waals surface area contributed by atoms with Gasteiger partial charge in [-0.15, -0.1) is 10.2 Å². The zero-order valence-corrected chi connectivity index (χ0v) is 15.8. The van der Waals surface area contributed by atoms with Crippen LogP contribution in [-0.2, 0) is 0 Å². The number of ether oxygens (including phenoxy) is 1. The fourth-order valence-corrected chi connectivity index (χ4v) is 4.54. The molecule has 0 atom stereocenters. The van der Waals surface area contributed by atoms with Crippen LogP contribution in [0.15, 0.2) is 54.6 Å². The van der Waals surface area contributed by atoms with Crippen LogP contribution < -0.4 is 23.4 Å². The van der Waals surface area contributed by atoms with Crippen LogP contribution in [0.2, 0.25) is 0 Å². The predicted octanol–water partition coefficient (Wildman–Crippen LogP) is 0.986. The Hall–Kier alpha value is -1.58. The van der Waals surface area contributed by atoms with Crippen molar-refractivity contribution < 1.29 is 33.6 Å². The Morgan fingerprint density at radius 1 is 0.960 bits per heavy atom. The molecule has 1 aromatic heterocycles. The van der Waals surface area contributed by atoms with E-state index in [9.17, 15) is 0 Å². The summed E-state index contributed by atoms with van der Waals surface area (Å²) in [7, 11) is 0.376. The number of aryl methyl sites for hydroxylation is 1.